The van der Waals surface area contributed by atoms with E-state index in [9.17, 15) is 0 Å². The summed E-state index contributed by atoms with van der Waals surface area (Å²) in [6.45, 7) is 0.837. The highest BCUT2D eigenvalue weighted by atomic mass is 16.5. The quantitative estimate of drug-likeness (QED) is 0.911. The topological polar surface area (TPSA) is 34.1 Å². The molecular weight excluding hydrogens is 236 g/mol. The molecule has 3 nitrogen and oxygen atoms in total. The molecule has 1 heterocycles. The van der Waals surface area contributed by atoms with E-state index < -0.39 is 0 Å². The minimum atomic E-state index is 0.357. The molecule has 0 spiro atoms. The van der Waals surface area contributed by atoms with Gasteiger partial charge in [0.25, 0.3) is 0 Å². The fraction of sp³-hybridized carbons (Fsp3) is 0.438. The Kier molecular flexibility index (Phi) is 3.65. The molecule has 19 heavy (non-hydrogen) atoms. The lowest BCUT2D eigenvalue weighted by molar-refractivity contribution is 0.202. The van der Waals surface area contributed by atoms with Crippen LogP contribution in [0.3, 0.4) is 0 Å². The molecule has 0 radical (unpaired) electrons. The summed E-state index contributed by atoms with van der Waals surface area (Å²) >= 11 is 0. The van der Waals surface area contributed by atoms with Crippen molar-refractivity contribution in [3.8, 4) is 5.88 Å². The number of hydrogen-bond donors (Lipinski definition) is 1. The van der Waals surface area contributed by atoms with Crippen molar-refractivity contribution in [3.05, 3.63) is 35.9 Å². The van der Waals surface area contributed by atoms with Gasteiger partial charge in [-0.2, -0.15) is 0 Å². The van der Waals surface area contributed by atoms with Gasteiger partial charge in [0.1, 0.15) is 6.10 Å². The summed E-state index contributed by atoms with van der Waals surface area (Å²) in [5.74, 6) is 0.774. The van der Waals surface area contributed by atoms with Gasteiger partial charge in [-0.1, -0.05) is 18.2 Å². The molecule has 100 valence electrons. The van der Waals surface area contributed by atoms with E-state index in [0.717, 1.165) is 30.8 Å². The van der Waals surface area contributed by atoms with E-state index in [2.05, 4.69) is 34.6 Å². The zero-order valence-electron chi connectivity index (χ0n) is 11.4. The number of para-hydroxylation sites is 1. The first-order valence-electron chi connectivity index (χ1n) is 7.07. The van der Waals surface area contributed by atoms with Gasteiger partial charge in [0.2, 0.25) is 5.88 Å². The number of ether oxygens (including phenoxy) is 1. The average molecular weight is 256 g/mol. The molecule has 1 fully saturated rings. The van der Waals surface area contributed by atoms with Crippen LogP contribution in [0.15, 0.2) is 30.3 Å². The Morgan fingerprint density at radius 2 is 2.05 bits per heavy atom. The Labute approximate surface area is 114 Å². The van der Waals surface area contributed by atoms with Gasteiger partial charge in [-0.15, -0.1) is 0 Å². The van der Waals surface area contributed by atoms with Crippen LogP contribution in [0.25, 0.3) is 10.9 Å². The van der Waals surface area contributed by atoms with Crippen LogP contribution in [0.1, 0.15) is 31.2 Å². The van der Waals surface area contributed by atoms with Crippen LogP contribution in [0.2, 0.25) is 0 Å². The fourth-order valence-corrected chi connectivity index (χ4v) is 2.79. The minimum Gasteiger partial charge on any atom is -0.474 e. The highest BCUT2D eigenvalue weighted by Crippen LogP contribution is 2.26. The summed E-state index contributed by atoms with van der Waals surface area (Å²) in [6, 6.07) is 10.3. The molecule has 1 N–H and O–H groups in total. The summed E-state index contributed by atoms with van der Waals surface area (Å²) in [4.78, 5) is 4.63. The third-order valence-electron chi connectivity index (χ3n) is 3.74. The van der Waals surface area contributed by atoms with E-state index in [1.54, 1.807) is 0 Å². The number of fused-ring (bicyclic) bond motifs is 1. The highest BCUT2D eigenvalue weighted by Gasteiger charge is 2.17. The van der Waals surface area contributed by atoms with Gasteiger partial charge >= 0.3 is 0 Å². The van der Waals surface area contributed by atoms with Gasteiger partial charge in [0.15, 0.2) is 0 Å². The summed E-state index contributed by atoms with van der Waals surface area (Å²) in [5.41, 5.74) is 2.27. The van der Waals surface area contributed by atoms with Crippen LogP contribution in [-0.4, -0.2) is 18.1 Å². The van der Waals surface area contributed by atoms with Gasteiger partial charge in [0, 0.05) is 18.0 Å². The SMILES string of the molecule is CNCc1cc(OC2CCCC2)nc2ccccc12. The Balaban J connectivity index is 1.95. The number of aromatic nitrogens is 1. The fourth-order valence-electron chi connectivity index (χ4n) is 2.79. The number of nitrogens with one attached hydrogen (secondary N) is 1. The second-order valence-electron chi connectivity index (χ2n) is 5.19. The molecular formula is C16H20N2O. The van der Waals surface area contributed by atoms with Gasteiger partial charge in [-0.3, -0.25) is 0 Å². The second-order valence-corrected chi connectivity index (χ2v) is 5.19. The lowest BCUT2D eigenvalue weighted by Gasteiger charge is -2.14. The first-order chi connectivity index (χ1) is 9.36. The van der Waals surface area contributed by atoms with Crippen molar-refractivity contribution in [3.63, 3.8) is 0 Å². The first-order valence-corrected chi connectivity index (χ1v) is 7.07. The molecule has 1 aliphatic rings. The highest BCUT2D eigenvalue weighted by molar-refractivity contribution is 5.82. The Bertz CT molecular complexity index is 562. The lowest BCUT2D eigenvalue weighted by atomic mass is 10.1. The average Bonchev–Trinajstić information content (AvgIpc) is 2.92. The van der Waals surface area contributed by atoms with Gasteiger partial charge < -0.3 is 10.1 Å². The van der Waals surface area contributed by atoms with Crippen molar-refractivity contribution in [2.24, 2.45) is 0 Å². The van der Waals surface area contributed by atoms with Gasteiger partial charge in [-0.25, -0.2) is 4.98 Å². The van der Waals surface area contributed by atoms with Crippen molar-refractivity contribution in [1.82, 2.24) is 10.3 Å². The molecule has 0 bridgehead atoms. The van der Waals surface area contributed by atoms with E-state index in [4.69, 9.17) is 4.74 Å². The van der Waals surface area contributed by atoms with Crippen LogP contribution in [0, 0.1) is 0 Å². The smallest absolute Gasteiger partial charge is 0.214 e. The molecule has 1 aromatic carbocycles. The maximum Gasteiger partial charge on any atom is 0.214 e. The Morgan fingerprint density at radius 1 is 1.26 bits per heavy atom. The van der Waals surface area contributed by atoms with Gasteiger partial charge in [-0.05, 0) is 44.4 Å². The number of benzene rings is 1. The van der Waals surface area contributed by atoms with Crippen LogP contribution >= 0.6 is 0 Å². The van der Waals surface area contributed by atoms with E-state index >= 15 is 0 Å². The number of pyridine rings is 1. The predicted octanol–water partition coefficient (Wildman–Crippen LogP) is 3.28. The molecule has 3 rings (SSSR count). The molecule has 0 amide bonds. The maximum atomic E-state index is 6.03. The molecule has 0 saturated heterocycles. The van der Waals surface area contributed by atoms with Gasteiger partial charge in [0.05, 0.1) is 5.52 Å². The number of nitrogens with zero attached hydrogens (tertiary/aromatic N) is 1. The summed E-state index contributed by atoms with van der Waals surface area (Å²) in [7, 11) is 1.96. The number of rotatable bonds is 4. The van der Waals surface area contributed by atoms with Crippen molar-refractivity contribution in [2.75, 3.05) is 7.05 Å². The van der Waals surface area contributed by atoms with Crippen molar-refractivity contribution < 1.29 is 4.74 Å². The van der Waals surface area contributed by atoms with Crippen LogP contribution in [-0.2, 0) is 6.54 Å². The van der Waals surface area contributed by atoms with Crippen LogP contribution in [0.5, 0.6) is 5.88 Å². The molecule has 2 aromatic rings. The van der Waals surface area contributed by atoms with E-state index in [-0.39, 0.29) is 0 Å². The zero-order chi connectivity index (χ0) is 13.1. The largest absolute Gasteiger partial charge is 0.474 e. The summed E-state index contributed by atoms with van der Waals surface area (Å²) in [5, 5.41) is 4.42. The van der Waals surface area contributed by atoms with Crippen molar-refractivity contribution >= 4 is 10.9 Å². The van der Waals surface area contributed by atoms with E-state index in [1.807, 2.05) is 13.1 Å². The molecule has 0 unspecified atom stereocenters. The van der Waals surface area contributed by atoms with E-state index in [0.29, 0.717) is 6.10 Å². The Hall–Kier alpha value is -1.61. The molecule has 1 aliphatic carbocycles. The maximum absolute atomic E-state index is 6.03. The van der Waals surface area contributed by atoms with Crippen molar-refractivity contribution in [1.29, 1.82) is 0 Å². The Morgan fingerprint density at radius 3 is 2.84 bits per heavy atom. The number of hydrogen-bond acceptors (Lipinski definition) is 3. The summed E-state index contributed by atoms with van der Waals surface area (Å²) in [6.07, 6.45) is 5.24. The second kappa shape index (κ2) is 5.57. The summed E-state index contributed by atoms with van der Waals surface area (Å²) < 4.78 is 6.03. The normalized spacial score (nSPS) is 16.1. The van der Waals surface area contributed by atoms with Crippen LogP contribution in [0.4, 0.5) is 0 Å². The third-order valence-corrected chi connectivity index (χ3v) is 3.74. The molecule has 0 atom stereocenters. The molecule has 1 aromatic heterocycles. The minimum absolute atomic E-state index is 0.357. The zero-order valence-corrected chi connectivity index (χ0v) is 11.4. The van der Waals surface area contributed by atoms with Crippen molar-refractivity contribution in [2.45, 2.75) is 38.3 Å². The molecule has 1 saturated carbocycles. The third kappa shape index (κ3) is 2.71. The monoisotopic (exact) mass is 256 g/mol. The standard InChI is InChI=1S/C16H20N2O/c1-17-11-12-10-16(19-13-6-2-3-7-13)18-15-9-5-4-8-14(12)15/h4-5,8-10,13,17H,2-3,6-7,11H2,1H3. The predicted molar refractivity (Wildman–Crippen MR) is 77.4 cm³/mol. The lowest BCUT2D eigenvalue weighted by Crippen LogP contribution is -2.13. The molecule has 3 heteroatoms. The van der Waals surface area contributed by atoms with E-state index in [1.165, 1.54) is 23.8 Å². The first kappa shape index (κ1) is 12.4. The van der Waals surface area contributed by atoms with Crippen LogP contribution < -0.4 is 10.1 Å². The molecule has 0 aliphatic heterocycles.